The van der Waals surface area contributed by atoms with E-state index in [1.807, 2.05) is 4.90 Å². The van der Waals surface area contributed by atoms with Crippen molar-refractivity contribution >= 4 is 11.7 Å². The third kappa shape index (κ3) is 4.81. The average Bonchev–Trinajstić information content (AvgIpc) is 2.56. The van der Waals surface area contributed by atoms with Gasteiger partial charge in [0, 0.05) is 24.8 Å². The highest BCUT2D eigenvalue weighted by Crippen LogP contribution is 2.39. The Bertz CT molecular complexity index is 632. The van der Waals surface area contributed by atoms with Crippen LogP contribution in [0.2, 0.25) is 0 Å². The van der Waals surface area contributed by atoms with Gasteiger partial charge in [-0.05, 0) is 43.7 Å². The number of hydrogen-bond donors (Lipinski definition) is 1. The fourth-order valence-electron chi connectivity index (χ4n) is 3.77. The van der Waals surface area contributed by atoms with Gasteiger partial charge >= 0.3 is 12.3 Å². The topological polar surface area (TPSA) is 59.0 Å². The summed E-state index contributed by atoms with van der Waals surface area (Å²) in [6, 6.07) is 6.01. The Hall–Kier alpha value is -1.96. The zero-order valence-corrected chi connectivity index (χ0v) is 14.3. The Labute approximate surface area is 149 Å². The maximum atomic E-state index is 12.4. The first-order chi connectivity index (χ1) is 12.2. The number of nitrogens with zero attached hydrogens (tertiary/aromatic N) is 1. The second-order valence-corrected chi connectivity index (χ2v) is 7.03. The third-order valence-electron chi connectivity index (χ3n) is 5.19. The van der Waals surface area contributed by atoms with Gasteiger partial charge in [-0.15, -0.1) is 13.2 Å². The van der Waals surface area contributed by atoms with E-state index in [2.05, 4.69) is 4.74 Å². The van der Waals surface area contributed by atoms with Gasteiger partial charge in [0.2, 0.25) is 0 Å². The smallest absolute Gasteiger partial charge is 0.481 e. The largest absolute Gasteiger partial charge is 0.573 e. The molecule has 1 N–H and O–H groups in total. The van der Waals surface area contributed by atoms with E-state index in [0.717, 1.165) is 25.7 Å². The number of carboxylic acids is 1. The van der Waals surface area contributed by atoms with E-state index in [1.54, 1.807) is 12.1 Å². The van der Waals surface area contributed by atoms with Crippen LogP contribution in [0.5, 0.6) is 5.75 Å². The number of piperidine rings is 1. The molecule has 0 amide bonds. The Balaban J connectivity index is 1.56. The number of hydrogen-bond acceptors (Lipinski definition) is 4. The molecular formula is C18H22F3NO4. The van der Waals surface area contributed by atoms with Gasteiger partial charge in [0.05, 0.1) is 18.6 Å². The quantitative estimate of drug-likeness (QED) is 0.869. The average molecular weight is 373 g/mol. The minimum absolute atomic E-state index is 0.0624. The second kappa shape index (κ2) is 7.34. The lowest BCUT2D eigenvalue weighted by Crippen LogP contribution is -2.49. The number of aliphatic carboxylic acids is 1. The molecule has 26 heavy (non-hydrogen) atoms. The standard InChI is InChI=1S/C18H22F3NO4/c19-18(20,21)26-15-3-1-2-14(11-15)22-8-6-17(7-9-22)5-4-13(12-25-17)10-16(23)24/h1-3,11,13H,4-10,12H2,(H,23,24). The Kier molecular flexibility index (Phi) is 5.32. The number of carboxylic acid groups (broad SMARTS) is 1. The van der Waals surface area contributed by atoms with Crippen LogP contribution in [0.4, 0.5) is 18.9 Å². The van der Waals surface area contributed by atoms with E-state index in [4.69, 9.17) is 9.84 Å². The zero-order valence-electron chi connectivity index (χ0n) is 14.3. The molecule has 2 heterocycles. The molecule has 5 nitrogen and oxygen atoms in total. The molecule has 0 saturated carbocycles. The highest BCUT2D eigenvalue weighted by molar-refractivity contribution is 5.67. The summed E-state index contributed by atoms with van der Waals surface area (Å²) in [5, 5.41) is 8.88. The van der Waals surface area contributed by atoms with Crippen molar-refractivity contribution in [3.05, 3.63) is 24.3 Å². The van der Waals surface area contributed by atoms with E-state index in [-0.39, 0.29) is 23.7 Å². The van der Waals surface area contributed by atoms with Crippen LogP contribution in [0.3, 0.4) is 0 Å². The lowest BCUT2D eigenvalue weighted by Gasteiger charge is -2.46. The molecular weight excluding hydrogens is 351 g/mol. The zero-order chi connectivity index (χ0) is 18.8. The highest BCUT2D eigenvalue weighted by Gasteiger charge is 2.39. The highest BCUT2D eigenvalue weighted by atomic mass is 19.4. The molecule has 0 aliphatic carbocycles. The van der Waals surface area contributed by atoms with E-state index < -0.39 is 12.3 Å². The molecule has 2 saturated heterocycles. The van der Waals surface area contributed by atoms with E-state index in [0.29, 0.717) is 25.4 Å². The van der Waals surface area contributed by atoms with Crippen molar-refractivity contribution in [3.63, 3.8) is 0 Å². The molecule has 144 valence electrons. The van der Waals surface area contributed by atoms with Gasteiger partial charge in [0.1, 0.15) is 5.75 Å². The molecule has 1 atom stereocenters. The Morgan fingerprint density at radius 1 is 1.31 bits per heavy atom. The maximum absolute atomic E-state index is 12.4. The predicted octanol–water partition coefficient (Wildman–Crippen LogP) is 3.83. The van der Waals surface area contributed by atoms with Crippen LogP contribution in [0.15, 0.2) is 24.3 Å². The van der Waals surface area contributed by atoms with Crippen molar-refractivity contribution in [1.29, 1.82) is 0 Å². The van der Waals surface area contributed by atoms with Crippen molar-refractivity contribution in [2.24, 2.45) is 5.92 Å². The predicted molar refractivity (Wildman–Crippen MR) is 88.2 cm³/mol. The van der Waals surface area contributed by atoms with Gasteiger partial charge in [0.25, 0.3) is 0 Å². The molecule has 0 aromatic heterocycles. The van der Waals surface area contributed by atoms with Crippen LogP contribution < -0.4 is 9.64 Å². The maximum Gasteiger partial charge on any atom is 0.573 e. The Morgan fingerprint density at radius 3 is 2.62 bits per heavy atom. The van der Waals surface area contributed by atoms with Crippen molar-refractivity contribution in [1.82, 2.24) is 0 Å². The van der Waals surface area contributed by atoms with Crippen molar-refractivity contribution in [2.75, 3.05) is 24.6 Å². The monoisotopic (exact) mass is 373 g/mol. The normalized spacial score (nSPS) is 23.0. The van der Waals surface area contributed by atoms with Gasteiger partial charge in [-0.2, -0.15) is 0 Å². The summed E-state index contributed by atoms with van der Waals surface area (Å²) in [6.45, 7) is 1.82. The lowest BCUT2D eigenvalue weighted by molar-refractivity contribution is -0.274. The molecule has 1 spiro atoms. The third-order valence-corrected chi connectivity index (χ3v) is 5.19. The molecule has 0 bridgehead atoms. The summed E-state index contributed by atoms with van der Waals surface area (Å²) < 4.78 is 47.1. The number of carbonyl (C=O) groups is 1. The molecule has 1 aromatic rings. The first kappa shape index (κ1) is 18.8. The summed E-state index contributed by atoms with van der Waals surface area (Å²) in [5.41, 5.74) is 0.465. The van der Waals surface area contributed by atoms with Crippen LogP contribution in [0.25, 0.3) is 0 Å². The number of anilines is 1. The van der Waals surface area contributed by atoms with E-state index >= 15 is 0 Å². The number of rotatable bonds is 4. The number of alkyl halides is 3. The Morgan fingerprint density at radius 2 is 2.04 bits per heavy atom. The first-order valence-corrected chi connectivity index (χ1v) is 8.71. The first-order valence-electron chi connectivity index (χ1n) is 8.71. The second-order valence-electron chi connectivity index (χ2n) is 7.03. The molecule has 0 radical (unpaired) electrons. The fraction of sp³-hybridized carbons (Fsp3) is 0.611. The van der Waals surface area contributed by atoms with Crippen molar-refractivity contribution in [3.8, 4) is 5.75 Å². The summed E-state index contributed by atoms with van der Waals surface area (Å²) >= 11 is 0. The van der Waals surface area contributed by atoms with Crippen LogP contribution in [0.1, 0.15) is 32.1 Å². The van der Waals surface area contributed by atoms with Crippen molar-refractivity contribution in [2.45, 2.75) is 44.1 Å². The van der Waals surface area contributed by atoms with Crippen LogP contribution in [-0.4, -0.2) is 42.7 Å². The van der Waals surface area contributed by atoms with Crippen molar-refractivity contribution < 1.29 is 32.5 Å². The van der Waals surface area contributed by atoms with Crippen LogP contribution in [-0.2, 0) is 9.53 Å². The molecule has 1 unspecified atom stereocenters. The molecule has 3 rings (SSSR count). The van der Waals surface area contributed by atoms with Crippen LogP contribution in [0, 0.1) is 5.92 Å². The fourth-order valence-corrected chi connectivity index (χ4v) is 3.77. The number of ether oxygens (including phenoxy) is 2. The summed E-state index contributed by atoms with van der Waals surface area (Å²) in [7, 11) is 0. The van der Waals surface area contributed by atoms with Gasteiger partial charge in [-0.3, -0.25) is 4.79 Å². The summed E-state index contributed by atoms with van der Waals surface area (Å²) in [6.07, 6.45) is -1.35. The minimum Gasteiger partial charge on any atom is -0.481 e. The van der Waals surface area contributed by atoms with Crippen LogP contribution >= 0.6 is 0 Å². The lowest BCUT2D eigenvalue weighted by atomic mass is 9.81. The molecule has 1 aromatic carbocycles. The van der Waals surface area contributed by atoms with E-state index in [9.17, 15) is 18.0 Å². The molecule has 8 heteroatoms. The van der Waals surface area contributed by atoms with Gasteiger partial charge in [-0.1, -0.05) is 6.07 Å². The summed E-state index contributed by atoms with van der Waals surface area (Å²) in [4.78, 5) is 12.8. The molecule has 2 aliphatic heterocycles. The minimum atomic E-state index is -4.70. The summed E-state index contributed by atoms with van der Waals surface area (Å²) in [5.74, 6) is -0.960. The molecule has 2 aliphatic rings. The van der Waals surface area contributed by atoms with E-state index in [1.165, 1.54) is 12.1 Å². The SMILES string of the molecule is O=C(O)CC1CCC2(CCN(c3cccc(OC(F)(F)F)c3)CC2)OC1. The van der Waals surface area contributed by atoms with Gasteiger partial charge in [-0.25, -0.2) is 0 Å². The molecule has 2 fully saturated rings. The number of halogens is 3. The van der Waals surface area contributed by atoms with Gasteiger partial charge in [0.15, 0.2) is 0 Å². The van der Waals surface area contributed by atoms with Gasteiger partial charge < -0.3 is 19.5 Å². The number of benzene rings is 1.